The molecule has 0 aliphatic rings. The zero-order valence-electron chi connectivity index (χ0n) is 8.34. The average molecular weight is 199 g/mol. The Balaban J connectivity index is 3.07. The van der Waals surface area contributed by atoms with Gasteiger partial charge >= 0.3 is 0 Å². The van der Waals surface area contributed by atoms with Crippen molar-refractivity contribution in [3.05, 3.63) is 23.4 Å². The molecule has 0 amide bonds. The van der Waals surface area contributed by atoms with Crippen molar-refractivity contribution >= 4 is 17.4 Å². The number of rotatable bonds is 3. The summed E-state index contributed by atoms with van der Waals surface area (Å²) in [6.45, 7) is 2.10. The topological polar surface area (TPSA) is 16.1 Å². The highest BCUT2D eigenvalue weighted by Gasteiger charge is 2.02. The quantitative estimate of drug-likeness (QED) is 0.694. The summed E-state index contributed by atoms with van der Waals surface area (Å²) in [5.41, 5.74) is 2.24. The molecule has 0 unspecified atom stereocenters. The first-order valence-corrected chi connectivity index (χ1v) is 4.94. The first-order valence-electron chi connectivity index (χ1n) is 4.40. The summed E-state index contributed by atoms with van der Waals surface area (Å²) in [7, 11) is 3.97. The molecule has 1 heterocycles. The zero-order chi connectivity index (χ0) is 9.84. The monoisotopic (exact) mass is 198 g/mol. The minimum atomic E-state index is 0.552. The molecule has 0 N–H and O–H groups in total. The molecule has 0 saturated carbocycles. The van der Waals surface area contributed by atoms with E-state index < -0.39 is 0 Å². The van der Waals surface area contributed by atoms with Crippen LogP contribution in [0.3, 0.4) is 0 Å². The van der Waals surface area contributed by atoms with E-state index in [9.17, 15) is 0 Å². The smallest absolute Gasteiger partial charge is 0.128 e. The Morgan fingerprint density at radius 3 is 2.54 bits per heavy atom. The van der Waals surface area contributed by atoms with Gasteiger partial charge < -0.3 is 4.90 Å². The molecule has 0 saturated heterocycles. The van der Waals surface area contributed by atoms with Crippen molar-refractivity contribution in [1.29, 1.82) is 0 Å². The van der Waals surface area contributed by atoms with E-state index >= 15 is 0 Å². The predicted molar refractivity (Wildman–Crippen MR) is 57.5 cm³/mol. The molecule has 0 aliphatic carbocycles. The lowest BCUT2D eigenvalue weighted by atomic mass is 10.2. The second kappa shape index (κ2) is 4.47. The van der Waals surface area contributed by atoms with Crippen molar-refractivity contribution in [1.82, 2.24) is 4.98 Å². The van der Waals surface area contributed by atoms with Crippen LogP contribution in [0.5, 0.6) is 0 Å². The second-order valence-corrected chi connectivity index (χ2v) is 3.47. The predicted octanol–water partition coefficient (Wildman–Crippen LogP) is 2.45. The third-order valence-electron chi connectivity index (χ3n) is 1.90. The molecule has 2 nitrogen and oxygen atoms in total. The SMILES string of the molecule is CCc1cc(CCl)cc(N(C)C)n1. The summed E-state index contributed by atoms with van der Waals surface area (Å²) in [6, 6.07) is 4.08. The summed E-state index contributed by atoms with van der Waals surface area (Å²) in [5.74, 6) is 1.53. The average Bonchev–Trinajstić information content (AvgIpc) is 2.16. The first kappa shape index (κ1) is 10.3. The maximum absolute atomic E-state index is 5.79. The number of pyridine rings is 1. The van der Waals surface area contributed by atoms with Crippen LogP contribution in [0.15, 0.2) is 12.1 Å². The van der Waals surface area contributed by atoms with Crippen LogP contribution in [0, 0.1) is 0 Å². The number of halogens is 1. The number of aromatic nitrogens is 1. The normalized spacial score (nSPS) is 10.2. The van der Waals surface area contributed by atoms with Crippen molar-refractivity contribution < 1.29 is 0 Å². The van der Waals surface area contributed by atoms with Crippen molar-refractivity contribution in [3.8, 4) is 0 Å². The van der Waals surface area contributed by atoms with Gasteiger partial charge in [0.2, 0.25) is 0 Å². The lowest BCUT2D eigenvalue weighted by Gasteiger charge is -2.13. The molecule has 72 valence electrons. The van der Waals surface area contributed by atoms with E-state index in [2.05, 4.69) is 18.0 Å². The zero-order valence-corrected chi connectivity index (χ0v) is 9.10. The largest absolute Gasteiger partial charge is 0.363 e. The Hall–Kier alpha value is -0.760. The van der Waals surface area contributed by atoms with Crippen LogP contribution in [0.2, 0.25) is 0 Å². The van der Waals surface area contributed by atoms with Crippen molar-refractivity contribution in [2.24, 2.45) is 0 Å². The van der Waals surface area contributed by atoms with E-state index in [0.29, 0.717) is 5.88 Å². The number of alkyl halides is 1. The molecule has 0 fully saturated rings. The van der Waals surface area contributed by atoms with Gasteiger partial charge in [0.1, 0.15) is 5.82 Å². The molecule has 0 radical (unpaired) electrons. The summed E-state index contributed by atoms with van der Waals surface area (Å²) < 4.78 is 0. The Labute approximate surface area is 84.5 Å². The molecule has 0 spiro atoms. The molecule has 1 aromatic heterocycles. The van der Waals surface area contributed by atoms with Crippen LogP contribution in [-0.2, 0) is 12.3 Å². The van der Waals surface area contributed by atoms with Crippen LogP contribution >= 0.6 is 11.6 Å². The van der Waals surface area contributed by atoms with E-state index in [0.717, 1.165) is 23.5 Å². The molecular formula is C10H15ClN2. The van der Waals surface area contributed by atoms with Gasteiger partial charge in [0, 0.05) is 25.7 Å². The molecule has 0 atom stereocenters. The van der Waals surface area contributed by atoms with E-state index in [1.807, 2.05) is 25.1 Å². The standard InChI is InChI=1S/C10H15ClN2/c1-4-9-5-8(7-11)6-10(12-9)13(2)3/h5-6H,4,7H2,1-3H3. The van der Waals surface area contributed by atoms with E-state index in [1.165, 1.54) is 0 Å². The third kappa shape index (κ3) is 2.59. The fourth-order valence-electron chi connectivity index (χ4n) is 1.12. The highest BCUT2D eigenvalue weighted by Crippen LogP contribution is 2.14. The maximum atomic E-state index is 5.79. The number of hydrogen-bond donors (Lipinski definition) is 0. The highest BCUT2D eigenvalue weighted by atomic mass is 35.5. The molecule has 0 aliphatic heterocycles. The summed E-state index contributed by atoms with van der Waals surface area (Å²) in [4.78, 5) is 6.46. The number of nitrogens with zero attached hydrogens (tertiary/aromatic N) is 2. The fourth-order valence-corrected chi connectivity index (χ4v) is 1.27. The van der Waals surface area contributed by atoms with Gasteiger partial charge in [0.15, 0.2) is 0 Å². The van der Waals surface area contributed by atoms with E-state index in [-0.39, 0.29) is 0 Å². The van der Waals surface area contributed by atoms with Crippen LogP contribution < -0.4 is 4.90 Å². The molecule has 0 bridgehead atoms. The maximum Gasteiger partial charge on any atom is 0.128 e. The summed E-state index contributed by atoms with van der Waals surface area (Å²) in [5, 5.41) is 0. The van der Waals surface area contributed by atoms with Gasteiger partial charge in [-0.15, -0.1) is 11.6 Å². The lowest BCUT2D eigenvalue weighted by molar-refractivity contribution is 0.979. The second-order valence-electron chi connectivity index (χ2n) is 3.21. The van der Waals surface area contributed by atoms with Crippen LogP contribution in [0.4, 0.5) is 5.82 Å². The molecule has 1 rings (SSSR count). The molecular weight excluding hydrogens is 184 g/mol. The van der Waals surface area contributed by atoms with E-state index in [1.54, 1.807) is 0 Å². The summed E-state index contributed by atoms with van der Waals surface area (Å²) >= 11 is 5.79. The minimum absolute atomic E-state index is 0.552. The van der Waals surface area contributed by atoms with Gasteiger partial charge in [0.05, 0.1) is 0 Å². The molecule has 1 aromatic rings. The molecule has 0 aromatic carbocycles. The molecule has 3 heteroatoms. The number of hydrogen-bond acceptors (Lipinski definition) is 2. The Bertz CT molecular complexity index is 262. The van der Waals surface area contributed by atoms with Gasteiger partial charge in [-0.2, -0.15) is 0 Å². The van der Waals surface area contributed by atoms with Gasteiger partial charge in [-0.1, -0.05) is 6.92 Å². The first-order chi connectivity index (χ1) is 6.17. The molecule has 13 heavy (non-hydrogen) atoms. The van der Waals surface area contributed by atoms with Crippen LogP contribution in [-0.4, -0.2) is 19.1 Å². The van der Waals surface area contributed by atoms with Gasteiger partial charge in [-0.25, -0.2) is 4.98 Å². The summed E-state index contributed by atoms with van der Waals surface area (Å²) in [6.07, 6.45) is 0.950. The van der Waals surface area contributed by atoms with E-state index in [4.69, 9.17) is 11.6 Å². The van der Waals surface area contributed by atoms with Gasteiger partial charge in [-0.05, 0) is 24.1 Å². The highest BCUT2D eigenvalue weighted by molar-refractivity contribution is 6.17. The Morgan fingerprint density at radius 2 is 2.08 bits per heavy atom. The Kier molecular flexibility index (Phi) is 3.55. The fraction of sp³-hybridized carbons (Fsp3) is 0.500. The minimum Gasteiger partial charge on any atom is -0.363 e. The number of aryl methyl sites for hydroxylation is 1. The van der Waals surface area contributed by atoms with Crippen LogP contribution in [0.1, 0.15) is 18.2 Å². The Morgan fingerprint density at radius 1 is 1.38 bits per heavy atom. The third-order valence-corrected chi connectivity index (χ3v) is 2.21. The van der Waals surface area contributed by atoms with Crippen molar-refractivity contribution in [3.63, 3.8) is 0 Å². The van der Waals surface area contributed by atoms with Crippen LogP contribution in [0.25, 0.3) is 0 Å². The number of anilines is 1. The lowest BCUT2D eigenvalue weighted by Crippen LogP contribution is -2.11. The van der Waals surface area contributed by atoms with Crippen molar-refractivity contribution in [2.45, 2.75) is 19.2 Å². The van der Waals surface area contributed by atoms with Gasteiger partial charge in [-0.3, -0.25) is 0 Å². The van der Waals surface area contributed by atoms with Crippen molar-refractivity contribution in [2.75, 3.05) is 19.0 Å². The van der Waals surface area contributed by atoms with Gasteiger partial charge in [0.25, 0.3) is 0 Å².